The number of phenolic OH excluding ortho intramolecular Hbond substituents is 1. The largest absolute Gasteiger partial charge is 0.508 e. The molecule has 0 saturated carbocycles. The number of hydrogen-bond donors (Lipinski definition) is 2. The van der Waals surface area contributed by atoms with E-state index in [2.05, 4.69) is 48.1 Å². The van der Waals surface area contributed by atoms with Gasteiger partial charge in [0.05, 0.1) is 0 Å². The lowest BCUT2D eigenvalue weighted by Gasteiger charge is -2.53. The Bertz CT molecular complexity index is 1060. The molecule has 0 spiro atoms. The predicted molar refractivity (Wildman–Crippen MR) is 149 cm³/mol. The summed E-state index contributed by atoms with van der Waals surface area (Å²) in [5, 5.41) is 12.3. The van der Waals surface area contributed by atoms with E-state index in [9.17, 15) is 9.90 Å². The smallest absolute Gasteiger partial charge is 0.265 e. The lowest BCUT2D eigenvalue weighted by atomic mass is 9.69. The van der Waals surface area contributed by atoms with E-state index < -0.39 is 0 Å². The van der Waals surface area contributed by atoms with Gasteiger partial charge in [0.15, 0.2) is 0 Å². The van der Waals surface area contributed by atoms with E-state index in [4.69, 9.17) is 0 Å². The number of nitrogens with one attached hydrogen (secondary N) is 1. The first-order valence-electron chi connectivity index (χ1n) is 14.3. The highest BCUT2D eigenvalue weighted by Crippen LogP contribution is 2.45. The van der Waals surface area contributed by atoms with Crippen LogP contribution in [0.4, 0.5) is 0 Å². The van der Waals surface area contributed by atoms with Crippen LogP contribution in [-0.2, 0) is 0 Å². The van der Waals surface area contributed by atoms with Gasteiger partial charge in [-0.05, 0) is 92.2 Å². The lowest BCUT2D eigenvalue weighted by molar-refractivity contribution is -0.0216. The minimum absolute atomic E-state index is 0.0305. The summed E-state index contributed by atoms with van der Waals surface area (Å²) in [4.78, 5) is 15.6. The molecule has 0 radical (unpaired) electrons. The van der Waals surface area contributed by atoms with Gasteiger partial charge in [-0.15, -0.1) is 6.58 Å². The van der Waals surface area contributed by atoms with E-state index in [-0.39, 0.29) is 11.8 Å². The number of aromatic hydroxyl groups is 1. The summed E-state index contributed by atoms with van der Waals surface area (Å²) in [6.45, 7) is 9.28. The van der Waals surface area contributed by atoms with Gasteiger partial charge in [0.25, 0.3) is 5.91 Å². The van der Waals surface area contributed by atoms with Crippen LogP contribution >= 0.6 is 0 Å². The Morgan fingerprint density at radius 2 is 1.78 bits per heavy atom. The zero-order valence-corrected chi connectivity index (χ0v) is 22.3. The molecular weight excluding hydrogens is 458 g/mol. The summed E-state index contributed by atoms with van der Waals surface area (Å²) < 4.78 is 0. The van der Waals surface area contributed by atoms with Gasteiger partial charge in [-0.1, -0.05) is 43.7 Å². The fourth-order valence-corrected chi connectivity index (χ4v) is 7.18. The number of hydrogen-bond acceptors (Lipinski definition) is 4. The van der Waals surface area contributed by atoms with E-state index in [1.54, 1.807) is 6.07 Å². The maximum atomic E-state index is 12.9. The first-order chi connectivity index (χ1) is 18.0. The van der Waals surface area contributed by atoms with Crippen molar-refractivity contribution in [3.63, 3.8) is 0 Å². The molecule has 5 heteroatoms. The van der Waals surface area contributed by atoms with Gasteiger partial charge in [-0.25, -0.2) is 5.01 Å². The maximum absolute atomic E-state index is 12.9. The topological polar surface area (TPSA) is 55.8 Å². The van der Waals surface area contributed by atoms with Gasteiger partial charge in [-0.3, -0.25) is 15.1 Å². The van der Waals surface area contributed by atoms with Gasteiger partial charge < -0.3 is 5.11 Å². The van der Waals surface area contributed by atoms with E-state index >= 15 is 0 Å². The summed E-state index contributed by atoms with van der Waals surface area (Å²) >= 11 is 0. The summed E-state index contributed by atoms with van der Waals surface area (Å²) in [6, 6.07) is 17.2. The number of hydrazine groups is 1. The average molecular weight is 502 g/mol. The number of amides is 1. The third kappa shape index (κ3) is 5.94. The molecule has 2 aromatic carbocycles. The summed E-state index contributed by atoms with van der Waals surface area (Å²) in [6.07, 6.45) is 11.7. The maximum Gasteiger partial charge on any atom is 0.265 e. The highest BCUT2D eigenvalue weighted by molar-refractivity contribution is 5.93. The number of carbonyl (C=O) groups is 1. The van der Waals surface area contributed by atoms with E-state index in [1.165, 1.54) is 37.7 Å². The van der Waals surface area contributed by atoms with Crippen molar-refractivity contribution in [1.82, 2.24) is 15.3 Å². The summed E-state index contributed by atoms with van der Waals surface area (Å²) in [5.41, 5.74) is 6.13. The number of phenols is 1. The van der Waals surface area contributed by atoms with Crippen LogP contribution in [-0.4, -0.2) is 52.6 Å². The van der Waals surface area contributed by atoms with Gasteiger partial charge in [0.1, 0.15) is 5.75 Å². The Balaban J connectivity index is 1.36. The first kappa shape index (κ1) is 26.0. The highest BCUT2D eigenvalue weighted by atomic mass is 16.3. The Labute approximate surface area is 222 Å². The standard InChI is InChI=1S/C32H43N3O2/c1-3-18-35-30-17-15-27(31(35)16-10-23(30)2)22-29(26-8-7-9-28(36)21-26)24-11-13-25(14-12-24)32(37)33-34-19-5-4-6-20-34/h3,7-9,11-14,21,23,27,29-31,36H,1,4-6,10,15-20,22H2,2H3,(H,33,37). The minimum Gasteiger partial charge on any atom is -0.508 e. The Kier molecular flexibility index (Phi) is 8.31. The molecule has 198 valence electrons. The molecule has 3 aliphatic rings. The van der Waals surface area contributed by atoms with Crippen molar-refractivity contribution >= 4 is 5.91 Å². The van der Waals surface area contributed by atoms with Crippen molar-refractivity contribution in [3.05, 3.63) is 77.9 Å². The number of carbonyl (C=O) groups excluding carboxylic acids is 1. The molecule has 3 heterocycles. The predicted octanol–water partition coefficient (Wildman–Crippen LogP) is 6.11. The van der Waals surface area contributed by atoms with Crippen molar-refractivity contribution < 1.29 is 9.90 Å². The second kappa shape index (κ2) is 11.8. The fourth-order valence-electron chi connectivity index (χ4n) is 7.18. The normalized spacial score (nSPS) is 27.4. The molecule has 3 aliphatic heterocycles. The van der Waals surface area contributed by atoms with Gasteiger partial charge in [-0.2, -0.15) is 0 Å². The average Bonchev–Trinajstić information content (AvgIpc) is 2.91. The molecule has 5 atom stereocenters. The molecule has 2 N–H and O–H groups in total. The summed E-state index contributed by atoms with van der Waals surface area (Å²) in [5.74, 6) is 1.80. The molecule has 5 unspecified atom stereocenters. The van der Waals surface area contributed by atoms with Crippen LogP contribution in [0.25, 0.3) is 0 Å². The van der Waals surface area contributed by atoms with Crippen LogP contribution in [0.3, 0.4) is 0 Å². The Morgan fingerprint density at radius 1 is 1.03 bits per heavy atom. The van der Waals surface area contributed by atoms with Crippen molar-refractivity contribution in [2.75, 3.05) is 19.6 Å². The molecule has 1 amide bonds. The monoisotopic (exact) mass is 501 g/mol. The molecule has 3 fully saturated rings. The molecule has 3 saturated heterocycles. The molecular formula is C32H43N3O2. The van der Waals surface area contributed by atoms with Crippen molar-refractivity contribution in [3.8, 4) is 5.75 Å². The van der Waals surface area contributed by atoms with E-state index in [1.807, 2.05) is 29.3 Å². The third-order valence-corrected chi connectivity index (χ3v) is 9.15. The van der Waals surface area contributed by atoms with Crippen molar-refractivity contribution in [1.29, 1.82) is 0 Å². The molecule has 2 bridgehead atoms. The van der Waals surface area contributed by atoms with Crippen LogP contribution < -0.4 is 5.43 Å². The molecule has 37 heavy (non-hydrogen) atoms. The SMILES string of the molecule is C=CCN1C2CCC(CC(c3ccc(C(=O)NN4CCCCC4)cc3)c3cccc(O)c3)C1CCC2C. The lowest BCUT2D eigenvalue weighted by Crippen LogP contribution is -2.56. The van der Waals surface area contributed by atoms with Crippen LogP contribution in [0.2, 0.25) is 0 Å². The van der Waals surface area contributed by atoms with E-state index in [0.717, 1.165) is 50.4 Å². The number of benzene rings is 2. The zero-order valence-electron chi connectivity index (χ0n) is 22.3. The number of rotatable bonds is 8. The molecule has 0 aromatic heterocycles. The Morgan fingerprint density at radius 3 is 2.51 bits per heavy atom. The quantitative estimate of drug-likeness (QED) is 0.429. The number of fused-ring (bicyclic) bond motifs is 2. The van der Waals surface area contributed by atoms with Crippen LogP contribution in [0.5, 0.6) is 5.75 Å². The van der Waals surface area contributed by atoms with Crippen LogP contribution in [0.1, 0.15) is 85.7 Å². The third-order valence-electron chi connectivity index (χ3n) is 9.15. The molecule has 2 aromatic rings. The zero-order chi connectivity index (χ0) is 25.8. The second-order valence-electron chi connectivity index (χ2n) is 11.5. The van der Waals surface area contributed by atoms with Crippen molar-refractivity contribution in [2.45, 2.75) is 76.3 Å². The Hall–Kier alpha value is -2.63. The summed E-state index contributed by atoms with van der Waals surface area (Å²) in [7, 11) is 0. The van der Waals surface area contributed by atoms with Crippen LogP contribution in [0.15, 0.2) is 61.2 Å². The van der Waals surface area contributed by atoms with Gasteiger partial charge in [0, 0.05) is 43.2 Å². The van der Waals surface area contributed by atoms with Crippen molar-refractivity contribution in [2.24, 2.45) is 11.8 Å². The fraction of sp³-hybridized carbons (Fsp3) is 0.531. The second-order valence-corrected chi connectivity index (χ2v) is 11.5. The molecule has 0 aliphatic carbocycles. The van der Waals surface area contributed by atoms with Gasteiger partial charge in [0.2, 0.25) is 0 Å². The minimum atomic E-state index is -0.0305. The molecule has 5 nitrogen and oxygen atoms in total. The molecule has 5 rings (SSSR count). The van der Waals surface area contributed by atoms with Crippen LogP contribution in [0, 0.1) is 11.8 Å². The van der Waals surface area contributed by atoms with Gasteiger partial charge >= 0.3 is 0 Å². The number of nitrogens with zero attached hydrogens (tertiary/aromatic N) is 2. The number of piperidine rings is 3. The first-order valence-corrected chi connectivity index (χ1v) is 14.3. The highest BCUT2D eigenvalue weighted by Gasteiger charge is 2.42. The van der Waals surface area contributed by atoms with E-state index in [0.29, 0.717) is 29.3 Å².